The molecule has 0 unspecified atom stereocenters. The molecule has 0 bridgehead atoms. The fourth-order valence-electron chi connectivity index (χ4n) is 3.10. The first-order valence-electron chi connectivity index (χ1n) is 7.80. The summed E-state index contributed by atoms with van der Waals surface area (Å²) in [6.07, 6.45) is 5.83. The second-order valence-electron chi connectivity index (χ2n) is 6.26. The highest BCUT2D eigenvalue weighted by atomic mass is 79.9. The number of nitrogens with two attached hydrogens (primary N) is 1. The summed E-state index contributed by atoms with van der Waals surface area (Å²) in [5.41, 5.74) is 5.52. The van der Waals surface area contributed by atoms with E-state index in [2.05, 4.69) is 31.2 Å². The number of carbonyl (C=O) groups is 1. The van der Waals surface area contributed by atoms with Gasteiger partial charge in [0.25, 0.3) is 5.91 Å². The second kappa shape index (κ2) is 6.57. The van der Waals surface area contributed by atoms with Gasteiger partial charge in [-0.15, -0.1) is 0 Å². The molecule has 23 heavy (non-hydrogen) atoms. The lowest BCUT2D eigenvalue weighted by Gasteiger charge is -2.33. The molecule has 0 radical (unpaired) electrons. The maximum atomic E-state index is 14.1. The molecule has 1 fully saturated rings. The van der Waals surface area contributed by atoms with Crippen molar-refractivity contribution in [1.29, 1.82) is 0 Å². The Morgan fingerprint density at radius 1 is 1.52 bits per heavy atom. The molecule has 3 rings (SSSR count). The minimum atomic E-state index is -1.21. The lowest BCUT2D eigenvalue weighted by molar-refractivity contribution is 0.0852. The Kier molecular flexibility index (Phi) is 4.68. The fourth-order valence-corrected chi connectivity index (χ4v) is 3.43. The van der Waals surface area contributed by atoms with Crippen molar-refractivity contribution in [3.63, 3.8) is 0 Å². The molecule has 0 aliphatic heterocycles. The molecule has 1 amide bonds. The van der Waals surface area contributed by atoms with Crippen LogP contribution in [0.4, 0.5) is 4.39 Å². The maximum absolute atomic E-state index is 14.1. The van der Waals surface area contributed by atoms with Crippen LogP contribution in [0.25, 0.3) is 11.0 Å². The summed E-state index contributed by atoms with van der Waals surface area (Å²) < 4.78 is 14.9. The summed E-state index contributed by atoms with van der Waals surface area (Å²) in [5, 5.41) is 3.74. The predicted octanol–water partition coefficient (Wildman–Crippen LogP) is 2.91. The van der Waals surface area contributed by atoms with Crippen molar-refractivity contribution in [3.05, 3.63) is 28.5 Å². The molecule has 2 aromatic heterocycles. The predicted molar refractivity (Wildman–Crippen MR) is 91.0 cm³/mol. The van der Waals surface area contributed by atoms with Crippen molar-refractivity contribution < 1.29 is 9.18 Å². The molecule has 7 heteroatoms. The molecular formula is C16H20BrFN4O. The number of nitrogens with one attached hydrogen (secondary N) is 2. The summed E-state index contributed by atoms with van der Waals surface area (Å²) >= 11 is 3.37. The summed E-state index contributed by atoms with van der Waals surface area (Å²) in [5.74, 6) is 0.177. The first kappa shape index (κ1) is 16.4. The number of amides is 1. The van der Waals surface area contributed by atoms with Crippen molar-refractivity contribution in [1.82, 2.24) is 15.3 Å². The number of aromatic nitrogens is 2. The molecule has 1 aliphatic carbocycles. The van der Waals surface area contributed by atoms with E-state index in [0.717, 1.165) is 22.7 Å². The van der Waals surface area contributed by atoms with Crippen molar-refractivity contribution >= 4 is 32.9 Å². The van der Waals surface area contributed by atoms with E-state index in [1.807, 2.05) is 6.07 Å². The van der Waals surface area contributed by atoms with E-state index in [1.54, 1.807) is 12.4 Å². The van der Waals surface area contributed by atoms with E-state index in [1.165, 1.54) is 0 Å². The average Bonchev–Trinajstić information content (AvgIpc) is 2.97. The van der Waals surface area contributed by atoms with Crippen LogP contribution in [0.3, 0.4) is 0 Å². The zero-order valence-corrected chi connectivity index (χ0v) is 14.3. The molecule has 0 saturated heterocycles. The van der Waals surface area contributed by atoms with Gasteiger partial charge in [0.15, 0.2) is 0 Å². The quantitative estimate of drug-likeness (QED) is 0.759. The number of nitrogens with zero attached hydrogens (tertiary/aromatic N) is 1. The van der Waals surface area contributed by atoms with Gasteiger partial charge in [-0.3, -0.25) is 4.79 Å². The van der Waals surface area contributed by atoms with Crippen LogP contribution in [0.5, 0.6) is 0 Å². The first-order chi connectivity index (χ1) is 11.0. The molecule has 1 aliphatic rings. The molecule has 2 aromatic rings. The largest absolute Gasteiger partial charge is 0.352 e. The van der Waals surface area contributed by atoms with Gasteiger partial charge in [0.1, 0.15) is 11.3 Å². The van der Waals surface area contributed by atoms with Gasteiger partial charge in [-0.1, -0.05) is 0 Å². The van der Waals surface area contributed by atoms with E-state index in [-0.39, 0.29) is 12.5 Å². The minimum absolute atomic E-state index is 0.0866. The topological polar surface area (TPSA) is 83.8 Å². The lowest BCUT2D eigenvalue weighted by atomic mass is 9.80. The van der Waals surface area contributed by atoms with E-state index >= 15 is 0 Å². The van der Waals surface area contributed by atoms with Gasteiger partial charge in [-0.05, 0) is 53.6 Å². The third kappa shape index (κ3) is 3.55. The molecule has 0 atom stereocenters. The van der Waals surface area contributed by atoms with E-state index < -0.39 is 5.67 Å². The number of H-pyrrole nitrogens is 1. The maximum Gasteiger partial charge on any atom is 0.253 e. The van der Waals surface area contributed by atoms with E-state index in [4.69, 9.17) is 5.73 Å². The molecule has 0 spiro atoms. The Hall–Kier alpha value is -1.47. The van der Waals surface area contributed by atoms with Crippen LogP contribution in [0.15, 0.2) is 22.9 Å². The number of hydrogen-bond donors (Lipinski definition) is 3. The van der Waals surface area contributed by atoms with Crippen LogP contribution in [0, 0.1) is 5.92 Å². The first-order valence-corrected chi connectivity index (χ1v) is 8.60. The number of fused-ring (bicyclic) bond motifs is 1. The van der Waals surface area contributed by atoms with Crippen LogP contribution in [0.1, 0.15) is 36.0 Å². The highest BCUT2D eigenvalue weighted by Gasteiger charge is 2.33. The minimum Gasteiger partial charge on any atom is -0.352 e. The Morgan fingerprint density at radius 2 is 2.26 bits per heavy atom. The van der Waals surface area contributed by atoms with Gasteiger partial charge >= 0.3 is 0 Å². The Balaban J connectivity index is 1.60. The van der Waals surface area contributed by atoms with E-state index in [0.29, 0.717) is 36.5 Å². The zero-order valence-electron chi connectivity index (χ0n) is 12.7. The Labute approximate surface area is 142 Å². The molecule has 5 nitrogen and oxygen atoms in total. The highest BCUT2D eigenvalue weighted by Crippen LogP contribution is 2.34. The highest BCUT2D eigenvalue weighted by molar-refractivity contribution is 9.10. The van der Waals surface area contributed by atoms with Gasteiger partial charge in [0, 0.05) is 35.3 Å². The van der Waals surface area contributed by atoms with Crippen molar-refractivity contribution in [2.24, 2.45) is 11.7 Å². The van der Waals surface area contributed by atoms with Crippen LogP contribution in [-0.4, -0.2) is 34.6 Å². The molecule has 4 N–H and O–H groups in total. The van der Waals surface area contributed by atoms with Gasteiger partial charge in [-0.25, -0.2) is 9.37 Å². The van der Waals surface area contributed by atoms with E-state index in [9.17, 15) is 9.18 Å². The number of pyridine rings is 1. The number of halogens is 2. The standard InChI is InChI=1S/C16H20BrFN4O/c17-11-5-12-13(8-21-14(12)20-7-11)15(23)22-6-10-1-3-16(18,9-19)4-2-10/h5,7-8,10H,1-4,6,9,19H2,(H,20,21)(H,22,23). The summed E-state index contributed by atoms with van der Waals surface area (Å²) in [4.78, 5) is 19.6. The number of hydrogen-bond acceptors (Lipinski definition) is 3. The molecule has 0 aromatic carbocycles. The van der Waals surface area contributed by atoms with Gasteiger partial charge < -0.3 is 16.0 Å². The molecule has 2 heterocycles. The van der Waals surface area contributed by atoms with Gasteiger partial charge in [-0.2, -0.15) is 0 Å². The third-order valence-corrected chi connectivity index (χ3v) is 5.09. The number of aromatic amines is 1. The second-order valence-corrected chi connectivity index (χ2v) is 7.18. The zero-order chi connectivity index (χ0) is 16.4. The van der Waals surface area contributed by atoms with Crippen LogP contribution in [-0.2, 0) is 0 Å². The Bertz CT molecular complexity index is 709. The third-order valence-electron chi connectivity index (χ3n) is 4.66. The molecule has 124 valence electrons. The normalized spacial score (nSPS) is 24.7. The number of rotatable bonds is 4. The summed E-state index contributed by atoms with van der Waals surface area (Å²) in [7, 11) is 0. The van der Waals surface area contributed by atoms with Crippen molar-refractivity contribution in [2.45, 2.75) is 31.4 Å². The van der Waals surface area contributed by atoms with Gasteiger partial charge in [0.2, 0.25) is 0 Å². The average molecular weight is 383 g/mol. The molecule has 1 saturated carbocycles. The van der Waals surface area contributed by atoms with Crippen LogP contribution in [0.2, 0.25) is 0 Å². The SMILES string of the molecule is NCC1(F)CCC(CNC(=O)c2c[nH]c3ncc(Br)cc23)CC1. The molecular weight excluding hydrogens is 363 g/mol. The monoisotopic (exact) mass is 382 g/mol. The van der Waals surface area contributed by atoms with Crippen LogP contribution >= 0.6 is 15.9 Å². The Morgan fingerprint density at radius 3 is 2.96 bits per heavy atom. The smallest absolute Gasteiger partial charge is 0.253 e. The summed E-state index contributed by atoms with van der Waals surface area (Å²) in [6, 6.07) is 1.87. The fraction of sp³-hybridized carbons (Fsp3) is 0.500. The summed E-state index contributed by atoms with van der Waals surface area (Å²) in [6.45, 7) is 0.650. The number of carbonyl (C=O) groups excluding carboxylic acids is 1. The number of alkyl halides is 1. The lowest BCUT2D eigenvalue weighted by Crippen LogP contribution is -2.39. The van der Waals surface area contributed by atoms with Gasteiger partial charge in [0.05, 0.1) is 5.56 Å². The van der Waals surface area contributed by atoms with Crippen molar-refractivity contribution in [2.75, 3.05) is 13.1 Å². The van der Waals surface area contributed by atoms with Crippen molar-refractivity contribution in [3.8, 4) is 0 Å². The van der Waals surface area contributed by atoms with Crippen LogP contribution < -0.4 is 11.1 Å².